The summed E-state index contributed by atoms with van der Waals surface area (Å²) in [6.07, 6.45) is 0. The van der Waals surface area contributed by atoms with E-state index in [4.69, 9.17) is 0 Å². The first-order valence-corrected chi connectivity index (χ1v) is 7.58. The number of carbonyl (C=O) groups is 2. The van der Waals surface area contributed by atoms with Gasteiger partial charge in [0.25, 0.3) is 0 Å². The minimum Gasteiger partial charge on any atom is -0.324 e. The number of hydrogen-bond donors (Lipinski definition) is 1. The molecule has 0 saturated carbocycles. The third-order valence-corrected chi connectivity index (χ3v) is 3.68. The smallest absolute Gasteiger partial charge is 0.244 e. The molecule has 0 aliphatic carbocycles. The summed E-state index contributed by atoms with van der Waals surface area (Å²) in [6.45, 7) is 7.39. The standard InChI is InChI=1S/C19H22N2O2/c1-13-5-8-17(9-6-13)21(16(4)22)12-19(23)20-18-10-7-14(2)11-15(18)3/h5-11H,12H2,1-4H3,(H,20,23). The van der Waals surface area contributed by atoms with Crippen molar-refractivity contribution >= 4 is 23.2 Å². The summed E-state index contributed by atoms with van der Waals surface area (Å²) in [6, 6.07) is 13.4. The zero-order valence-electron chi connectivity index (χ0n) is 14.0. The predicted molar refractivity (Wildman–Crippen MR) is 93.8 cm³/mol. The fourth-order valence-electron chi connectivity index (χ4n) is 2.40. The van der Waals surface area contributed by atoms with E-state index in [1.165, 1.54) is 11.8 Å². The van der Waals surface area contributed by atoms with Crippen LogP contribution in [0.3, 0.4) is 0 Å². The van der Waals surface area contributed by atoms with Gasteiger partial charge in [0, 0.05) is 18.3 Å². The molecular formula is C19H22N2O2. The second-order valence-electron chi connectivity index (χ2n) is 5.81. The normalized spacial score (nSPS) is 10.3. The Morgan fingerprint density at radius 2 is 1.57 bits per heavy atom. The Bertz CT molecular complexity index is 721. The van der Waals surface area contributed by atoms with Crippen molar-refractivity contribution in [2.75, 3.05) is 16.8 Å². The highest BCUT2D eigenvalue weighted by molar-refractivity contribution is 6.02. The van der Waals surface area contributed by atoms with E-state index in [2.05, 4.69) is 5.32 Å². The van der Waals surface area contributed by atoms with Gasteiger partial charge in [0.1, 0.15) is 6.54 Å². The van der Waals surface area contributed by atoms with Gasteiger partial charge in [0.2, 0.25) is 11.8 Å². The molecule has 0 spiro atoms. The van der Waals surface area contributed by atoms with Gasteiger partial charge in [-0.05, 0) is 44.5 Å². The van der Waals surface area contributed by atoms with E-state index in [1.807, 2.05) is 63.2 Å². The molecular weight excluding hydrogens is 288 g/mol. The summed E-state index contributed by atoms with van der Waals surface area (Å²) < 4.78 is 0. The summed E-state index contributed by atoms with van der Waals surface area (Å²) in [5.74, 6) is -0.377. The maximum Gasteiger partial charge on any atom is 0.244 e. The van der Waals surface area contributed by atoms with E-state index in [1.54, 1.807) is 0 Å². The molecule has 23 heavy (non-hydrogen) atoms. The first-order valence-electron chi connectivity index (χ1n) is 7.58. The van der Waals surface area contributed by atoms with Crippen molar-refractivity contribution in [3.8, 4) is 0 Å². The van der Waals surface area contributed by atoms with Crippen LogP contribution in [-0.2, 0) is 9.59 Å². The molecule has 2 aromatic rings. The number of carbonyl (C=O) groups excluding carboxylic acids is 2. The zero-order chi connectivity index (χ0) is 17.0. The van der Waals surface area contributed by atoms with Gasteiger partial charge in [0.05, 0.1) is 0 Å². The predicted octanol–water partition coefficient (Wildman–Crippen LogP) is 3.60. The van der Waals surface area contributed by atoms with Gasteiger partial charge in [-0.25, -0.2) is 0 Å². The third-order valence-electron chi connectivity index (χ3n) is 3.68. The summed E-state index contributed by atoms with van der Waals surface area (Å²) in [5.41, 5.74) is 4.75. The Balaban J connectivity index is 2.12. The average Bonchev–Trinajstić information content (AvgIpc) is 2.48. The minimum absolute atomic E-state index is 0.00822. The van der Waals surface area contributed by atoms with E-state index in [-0.39, 0.29) is 18.4 Å². The summed E-state index contributed by atoms with van der Waals surface area (Å²) in [4.78, 5) is 25.6. The minimum atomic E-state index is -0.215. The lowest BCUT2D eigenvalue weighted by Gasteiger charge is -2.21. The number of rotatable bonds is 4. The van der Waals surface area contributed by atoms with Crippen LogP contribution in [0.4, 0.5) is 11.4 Å². The highest BCUT2D eigenvalue weighted by Gasteiger charge is 2.16. The van der Waals surface area contributed by atoms with Crippen LogP contribution >= 0.6 is 0 Å². The van der Waals surface area contributed by atoms with E-state index in [0.29, 0.717) is 0 Å². The highest BCUT2D eigenvalue weighted by Crippen LogP contribution is 2.18. The van der Waals surface area contributed by atoms with Crippen molar-refractivity contribution < 1.29 is 9.59 Å². The molecule has 0 heterocycles. The van der Waals surface area contributed by atoms with Gasteiger partial charge in [0.15, 0.2) is 0 Å². The van der Waals surface area contributed by atoms with Crippen LogP contribution in [0.5, 0.6) is 0 Å². The molecule has 2 aromatic carbocycles. The second-order valence-corrected chi connectivity index (χ2v) is 5.81. The van der Waals surface area contributed by atoms with Crippen LogP contribution in [0.1, 0.15) is 23.6 Å². The van der Waals surface area contributed by atoms with Gasteiger partial charge < -0.3 is 10.2 Å². The molecule has 2 amide bonds. The molecule has 120 valence electrons. The second kappa shape index (κ2) is 7.09. The van der Waals surface area contributed by atoms with Crippen molar-refractivity contribution in [1.82, 2.24) is 0 Å². The molecule has 0 aliphatic heterocycles. The molecule has 0 aromatic heterocycles. The van der Waals surface area contributed by atoms with Crippen molar-refractivity contribution in [2.45, 2.75) is 27.7 Å². The SMILES string of the molecule is CC(=O)N(CC(=O)Nc1ccc(C)cc1C)c1ccc(C)cc1. The molecule has 0 unspecified atom stereocenters. The monoisotopic (exact) mass is 310 g/mol. The molecule has 0 atom stereocenters. The maximum absolute atomic E-state index is 12.3. The Kier molecular flexibility index (Phi) is 5.16. The third kappa shape index (κ3) is 4.42. The van der Waals surface area contributed by atoms with Crippen LogP contribution in [0, 0.1) is 20.8 Å². The van der Waals surface area contributed by atoms with Crippen molar-refractivity contribution in [2.24, 2.45) is 0 Å². The van der Waals surface area contributed by atoms with Gasteiger partial charge in [-0.3, -0.25) is 9.59 Å². The quantitative estimate of drug-likeness (QED) is 0.938. The molecule has 2 rings (SSSR count). The first-order chi connectivity index (χ1) is 10.9. The van der Waals surface area contributed by atoms with Crippen LogP contribution in [-0.4, -0.2) is 18.4 Å². The molecule has 0 radical (unpaired) electrons. The molecule has 0 fully saturated rings. The average molecular weight is 310 g/mol. The van der Waals surface area contributed by atoms with E-state index < -0.39 is 0 Å². The Morgan fingerprint density at radius 3 is 2.13 bits per heavy atom. The van der Waals surface area contributed by atoms with Crippen molar-refractivity contribution in [3.05, 3.63) is 59.2 Å². The number of hydrogen-bond acceptors (Lipinski definition) is 2. The van der Waals surface area contributed by atoms with Crippen LogP contribution in [0.15, 0.2) is 42.5 Å². The number of benzene rings is 2. The Morgan fingerprint density at radius 1 is 0.957 bits per heavy atom. The zero-order valence-corrected chi connectivity index (χ0v) is 14.0. The Hall–Kier alpha value is -2.62. The fourth-order valence-corrected chi connectivity index (χ4v) is 2.40. The molecule has 1 N–H and O–H groups in total. The van der Waals surface area contributed by atoms with Gasteiger partial charge in [-0.1, -0.05) is 35.4 Å². The maximum atomic E-state index is 12.3. The topological polar surface area (TPSA) is 49.4 Å². The van der Waals surface area contributed by atoms with E-state index in [9.17, 15) is 9.59 Å². The van der Waals surface area contributed by atoms with Crippen LogP contribution in [0.2, 0.25) is 0 Å². The summed E-state index contributed by atoms with van der Waals surface area (Å²) in [5, 5.41) is 2.87. The lowest BCUT2D eigenvalue weighted by atomic mass is 10.1. The summed E-state index contributed by atoms with van der Waals surface area (Å²) in [7, 11) is 0. The number of aryl methyl sites for hydroxylation is 3. The number of nitrogens with one attached hydrogen (secondary N) is 1. The highest BCUT2D eigenvalue weighted by atomic mass is 16.2. The molecule has 0 bridgehead atoms. The number of nitrogens with zero attached hydrogens (tertiary/aromatic N) is 1. The molecule has 0 saturated heterocycles. The molecule has 0 aliphatic rings. The van der Waals surface area contributed by atoms with Gasteiger partial charge >= 0.3 is 0 Å². The van der Waals surface area contributed by atoms with Crippen LogP contribution in [0.25, 0.3) is 0 Å². The van der Waals surface area contributed by atoms with Crippen molar-refractivity contribution in [3.63, 3.8) is 0 Å². The number of anilines is 2. The van der Waals surface area contributed by atoms with Crippen molar-refractivity contribution in [1.29, 1.82) is 0 Å². The Labute approximate surface area is 137 Å². The largest absolute Gasteiger partial charge is 0.324 e. The molecule has 4 nitrogen and oxygen atoms in total. The molecule has 4 heteroatoms. The van der Waals surface area contributed by atoms with Crippen LogP contribution < -0.4 is 10.2 Å². The van der Waals surface area contributed by atoms with Gasteiger partial charge in [-0.2, -0.15) is 0 Å². The van der Waals surface area contributed by atoms with Gasteiger partial charge in [-0.15, -0.1) is 0 Å². The fraction of sp³-hybridized carbons (Fsp3) is 0.263. The summed E-state index contributed by atoms with van der Waals surface area (Å²) >= 11 is 0. The van der Waals surface area contributed by atoms with E-state index in [0.717, 1.165) is 28.1 Å². The number of amides is 2. The first kappa shape index (κ1) is 16.7. The lowest BCUT2D eigenvalue weighted by Crippen LogP contribution is -2.36. The lowest BCUT2D eigenvalue weighted by molar-refractivity contribution is -0.120. The van der Waals surface area contributed by atoms with E-state index >= 15 is 0 Å².